The Hall–Kier alpha value is -1.13. The van der Waals surface area contributed by atoms with E-state index in [9.17, 15) is 4.39 Å². The summed E-state index contributed by atoms with van der Waals surface area (Å²) in [6, 6.07) is 5.60. The average molecular weight is 279 g/mol. The Morgan fingerprint density at radius 1 is 1.20 bits per heavy atom. The lowest BCUT2D eigenvalue weighted by Gasteiger charge is -2.39. The second-order valence-corrected chi connectivity index (χ2v) is 5.74. The van der Waals surface area contributed by atoms with Gasteiger partial charge in [-0.1, -0.05) is 13.0 Å². The third kappa shape index (κ3) is 3.13. The van der Waals surface area contributed by atoms with E-state index < -0.39 is 0 Å². The van der Waals surface area contributed by atoms with Crippen molar-refractivity contribution in [3.63, 3.8) is 0 Å². The smallest absolute Gasteiger partial charge is 0.130 e. The second-order valence-electron chi connectivity index (χ2n) is 5.74. The highest BCUT2D eigenvalue weighted by Crippen LogP contribution is 2.28. The van der Waals surface area contributed by atoms with E-state index in [1.165, 1.54) is 12.5 Å². The Kier molecular flexibility index (Phi) is 5.00. The largest absolute Gasteiger partial charge is 0.369 e. The summed E-state index contributed by atoms with van der Waals surface area (Å²) in [7, 11) is 0. The van der Waals surface area contributed by atoms with Crippen molar-refractivity contribution >= 4 is 5.69 Å². The zero-order chi connectivity index (χ0) is 14.7. The van der Waals surface area contributed by atoms with Gasteiger partial charge in [0.2, 0.25) is 0 Å². The fourth-order valence-corrected chi connectivity index (χ4v) is 2.91. The molecule has 0 radical (unpaired) electrons. The summed E-state index contributed by atoms with van der Waals surface area (Å²) >= 11 is 0. The number of halogens is 1. The standard InChI is InChI=1S/C16H26FN3/c1-4-12(2)19-8-10-20(11-9-19)15-7-5-6-14(17)16(15)13(3)18/h5-7,12-13H,4,8-11,18H2,1-3H3/t12?,13-/m1/s1. The predicted octanol–water partition coefficient (Wildman–Crippen LogP) is 2.77. The van der Waals surface area contributed by atoms with Crippen LogP contribution in [0.25, 0.3) is 0 Å². The van der Waals surface area contributed by atoms with Crippen LogP contribution in [0.1, 0.15) is 38.8 Å². The number of hydrogen-bond donors (Lipinski definition) is 1. The maximum atomic E-state index is 14.0. The highest BCUT2D eigenvalue weighted by molar-refractivity contribution is 5.55. The lowest BCUT2D eigenvalue weighted by molar-refractivity contribution is 0.192. The second kappa shape index (κ2) is 6.55. The Labute approximate surface area is 121 Å². The minimum atomic E-state index is -0.279. The topological polar surface area (TPSA) is 32.5 Å². The van der Waals surface area contributed by atoms with E-state index in [0.29, 0.717) is 11.6 Å². The van der Waals surface area contributed by atoms with Crippen molar-refractivity contribution in [2.45, 2.75) is 39.3 Å². The molecule has 1 heterocycles. The molecule has 0 amide bonds. The molecule has 1 fully saturated rings. The van der Waals surface area contributed by atoms with E-state index in [4.69, 9.17) is 5.73 Å². The SMILES string of the molecule is CCC(C)N1CCN(c2cccc(F)c2[C@@H](C)N)CC1. The summed E-state index contributed by atoms with van der Waals surface area (Å²) in [5.41, 5.74) is 7.55. The van der Waals surface area contributed by atoms with Crippen molar-refractivity contribution in [1.82, 2.24) is 4.90 Å². The monoisotopic (exact) mass is 279 g/mol. The molecule has 1 aliphatic heterocycles. The van der Waals surface area contributed by atoms with Gasteiger partial charge in [-0.25, -0.2) is 4.39 Å². The van der Waals surface area contributed by atoms with E-state index in [2.05, 4.69) is 23.6 Å². The summed E-state index contributed by atoms with van der Waals surface area (Å²) in [5.74, 6) is -0.193. The van der Waals surface area contributed by atoms with Crippen molar-refractivity contribution in [3.05, 3.63) is 29.6 Å². The Morgan fingerprint density at radius 2 is 1.85 bits per heavy atom. The Morgan fingerprint density at radius 3 is 2.40 bits per heavy atom. The number of nitrogens with zero attached hydrogens (tertiary/aromatic N) is 2. The molecule has 3 nitrogen and oxygen atoms in total. The Balaban J connectivity index is 2.13. The van der Waals surface area contributed by atoms with Crippen molar-refractivity contribution in [2.75, 3.05) is 31.1 Å². The molecule has 0 aliphatic carbocycles. The van der Waals surface area contributed by atoms with Crippen molar-refractivity contribution in [2.24, 2.45) is 5.73 Å². The summed E-state index contributed by atoms with van der Waals surface area (Å²) in [4.78, 5) is 4.77. The molecule has 2 atom stereocenters. The molecule has 1 saturated heterocycles. The number of benzene rings is 1. The first kappa shape index (κ1) is 15.3. The molecule has 1 aromatic rings. The Bertz CT molecular complexity index is 439. The first-order chi connectivity index (χ1) is 9.54. The lowest BCUT2D eigenvalue weighted by Crippen LogP contribution is -2.49. The van der Waals surface area contributed by atoms with E-state index in [0.717, 1.165) is 31.9 Å². The van der Waals surface area contributed by atoms with Crippen LogP contribution in [-0.4, -0.2) is 37.1 Å². The van der Waals surface area contributed by atoms with E-state index in [1.807, 2.05) is 13.0 Å². The molecule has 112 valence electrons. The van der Waals surface area contributed by atoms with Crippen LogP contribution in [0.4, 0.5) is 10.1 Å². The van der Waals surface area contributed by atoms with Gasteiger partial charge < -0.3 is 10.6 Å². The minimum Gasteiger partial charge on any atom is -0.369 e. The van der Waals surface area contributed by atoms with Crippen molar-refractivity contribution < 1.29 is 4.39 Å². The number of nitrogens with two attached hydrogens (primary N) is 1. The van der Waals surface area contributed by atoms with Crippen LogP contribution in [-0.2, 0) is 0 Å². The van der Waals surface area contributed by atoms with Gasteiger partial charge in [0.25, 0.3) is 0 Å². The molecule has 1 aromatic carbocycles. The molecular weight excluding hydrogens is 253 g/mol. The highest BCUT2D eigenvalue weighted by Gasteiger charge is 2.23. The third-order valence-corrected chi connectivity index (χ3v) is 4.35. The van der Waals surface area contributed by atoms with E-state index in [-0.39, 0.29) is 11.9 Å². The van der Waals surface area contributed by atoms with Crippen LogP contribution in [0.15, 0.2) is 18.2 Å². The van der Waals surface area contributed by atoms with Crippen LogP contribution < -0.4 is 10.6 Å². The number of piperazine rings is 1. The zero-order valence-corrected chi connectivity index (χ0v) is 12.8. The molecule has 0 aromatic heterocycles. The molecule has 1 aliphatic rings. The highest BCUT2D eigenvalue weighted by atomic mass is 19.1. The zero-order valence-electron chi connectivity index (χ0n) is 12.8. The summed E-state index contributed by atoms with van der Waals surface area (Å²) in [5, 5.41) is 0. The average Bonchev–Trinajstić information content (AvgIpc) is 2.46. The van der Waals surface area contributed by atoms with Crippen LogP contribution in [0, 0.1) is 5.82 Å². The third-order valence-electron chi connectivity index (χ3n) is 4.35. The van der Waals surface area contributed by atoms with Gasteiger partial charge in [0.15, 0.2) is 0 Å². The first-order valence-electron chi connectivity index (χ1n) is 7.57. The fourth-order valence-electron chi connectivity index (χ4n) is 2.91. The quantitative estimate of drug-likeness (QED) is 0.920. The van der Waals surface area contributed by atoms with E-state index in [1.54, 1.807) is 6.07 Å². The summed E-state index contributed by atoms with van der Waals surface area (Å²) in [6.45, 7) is 10.3. The molecule has 20 heavy (non-hydrogen) atoms. The van der Waals surface area contributed by atoms with Gasteiger partial charge in [0.05, 0.1) is 0 Å². The van der Waals surface area contributed by atoms with Crippen LogP contribution in [0.2, 0.25) is 0 Å². The van der Waals surface area contributed by atoms with Gasteiger partial charge in [-0.2, -0.15) is 0 Å². The first-order valence-corrected chi connectivity index (χ1v) is 7.57. The van der Waals surface area contributed by atoms with Crippen LogP contribution >= 0.6 is 0 Å². The number of hydrogen-bond acceptors (Lipinski definition) is 3. The molecule has 0 saturated carbocycles. The van der Waals surface area contributed by atoms with Crippen LogP contribution in [0.3, 0.4) is 0 Å². The molecule has 0 bridgehead atoms. The van der Waals surface area contributed by atoms with Crippen molar-refractivity contribution in [3.8, 4) is 0 Å². The number of anilines is 1. The van der Waals surface area contributed by atoms with Gasteiger partial charge in [0, 0.05) is 49.5 Å². The van der Waals surface area contributed by atoms with Gasteiger partial charge in [0.1, 0.15) is 5.82 Å². The maximum absolute atomic E-state index is 14.0. The van der Waals surface area contributed by atoms with E-state index >= 15 is 0 Å². The molecule has 0 spiro atoms. The van der Waals surface area contributed by atoms with Crippen molar-refractivity contribution in [1.29, 1.82) is 0 Å². The molecule has 1 unspecified atom stereocenters. The molecular formula is C16H26FN3. The summed E-state index contributed by atoms with van der Waals surface area (Å²) < 4.78 is 14.0. The summed E-state index contributed by atoms with van der Waals surface area (Å²) in [6.07, 6.45) is 1.17. The molecule has 4 heteroatoms. The maximum Gasteiger partial charge on any atom is 0.130 e. The predicted molar refractivity (Wildman–Crippen MR) is 82.5 cm³/mol. The van der Waals surface area contributed by atoms with Gasteiger partial charge >= 0.3 is 0 Å². The van der Waals surface area contributed by atoms with Gasteiger partial charge in [-0.05, 0) is 32.4 Å². The number of rotatable bonds is 4. The molecule has 2 rings (SSSR count). The lowest BCUT2D eigenvalue weighted by atomic mass is 10.0. The minimum absolute atomic E-state index is 0.193. The van der Waals surface area contributed by atoms with Gasteiger partial charge in [-0.15, -0.1) is 0 Å². The fraction of sp³-hybridized carbons (Fsp3) is 0.625. The van der Waals surface area contributed by atoms with Crippen LogP contribution in [0.5, 0.6) is 0 Å². The molecule has 2 N–H and O–H groups in total. The normalized spacial score (nSPS) is 19.9. The van der Waals surface area contributed by atoms with Gasteiger partial charge in [-0.3, -0.25) is 4.90 Å².